The summed E-state index contributed by atoms with van der Waals surface area (Å²) in [6.45, 7) is 2.05. The molecule has 1 aliphatic rings. The fourth-order valence-electron chi connectivity index (χ4n) is 3.03. The van der Waals surface area contributed by atoms with Crippen LogP contribution in [0.25, 0.3) is 0 Å². The first-order valence-corrected chi connectivity index (χ1v) is 7.96. The van der Waals surface area contributed by atoms with Gasteiger partial charge in [0.15, 0.2) is 17.3 Å². The van der Waals surface area contributed by atoms with E-state index in [4.69, 9.17) is 19.9 Å². The summed E-state index contributed by atoms with van der Waals surface area (Å²) in [5.41, 5.74) is 6.40. The zero-order valence-electron chi connectivity index (χ0n) is 14.7. The van der Waals surface area contributed by atoms with Crippen molar-refractivity contribution < 1.29 is 19.0 Å². The van der Waals surface area contributed by atoms with Gasteiger partial charge in [0.2, 0.25) is 5.75 Å². The maximum Gasteiger partial charge on any atom is 0.203 e. The average Bonchev–Trinajstić information content (AvgIpc) is 2.62. The largest absolute Gasteiger partial charge is 0.493 e. The SMILES string of the molecule is CCC1(CC(=O)c2cc(OC)c(OC)c(OC)c2)C=CC=CC1N. The Morgan fingerprint density at radius 1 is 1.12 bits per heavy atom. The number of benzene rings is 1. The highest BCUT2D eigenvalue weighted by atomic mass is 16.5. The number of ketones is 1. The lowest BCUT2D eigenvalue weighted by atomic mass is 9.71. The number of rotatable bonds is 7. The predicted octanol–water partition coefficient (Wildman–Crippen LogP) is 3.13. The van der Waals surface area contributed by atoms with Gasteiger partial charge in [-0.25, -0.2) is 0 Å². The highest BCUT2D eigenvalue weighted by molar-refractivity contribution is 5.98. The van der Waals surface area contributed by atoms with E-state index in [2.05, 4.69) is 0 Å². The van der Waals surface area contributed by atoms with E-state index in [1.165, 1.54) is 21.3 Å². The van der Waals surface area contributed by atoms with Crippen LogP contribution in [0.4, 0.5) is 0 Å². The van der Waals surface area contributed by atoms with Crippen molar-refractivity contribution in [3.05, 3.63) is 42.0 Å². The number of hydrogen-bond acceptors (Lipinski definition) is 5. The van der Waals surface area contributed by atoms with Gasteiger partial charge in [0.05, 0.1) is 21.3 Å². The molecular weight excluding hydrogens is 306 g/mol. The minimum Gasteiger partial charge on any atom is -0.493 e. The Labute approximate surface area is 143 Å². The first-order valence-electron chi connectivity index (χ1n) is 7.96. The molecule has 0 radical (unpaired) electrons. The smallest absolute Gasteiger partial charge is 0.203 e. The molecule has 2 N–H and O–H groups in total. The normalized spacial score (nSPS) is 22.3. The second-order valence-corrected chi connectivity index (χ2v) is 5.87. The van der Waals surface area contributed by atoms with Crippen molar-refractivity contribution in [1.82, 2.24) is 0 Å². The number of allylic oxidation sites excluding steroid dienone is 2. The van der Waals surface area contributed by atoms with Crippen molar-refractivity contribution in [3.8, 4) is 17.2 Å². The Morgan fingerprint density at radius 2 is 1.75 bits per heavy atom. The molecule has 0 bridgehead atoms. The zero-order chi connectivity index (χ0) is 17.7. The quantitative estimate of drug-likeness (QED) is 0.777. The minimum atomic E-state index is -0.369. The summed E-state index contributed by atoms with van der Waals surface area (Å²) in [6.07, 6.45) is 8.95. The standard InChI is InChI=1S/C19H25NO4/c1-5-19(9-7-6-8-17(19)20)12-14(21)13-10-15(22-2)18(24-4)16(11-13)23-3/h6-11,17H,5,12,20H2,1-4H3. The Bertz CT molecular complexity index is 640. The summed E-state index contributed by atoms with van der Waals surface area (Å²) >= 11 is 0. The predicted molar refractivity (Wildman–Crippen MR) is 94.0 cm³/mol. The van der Waals surface area contributed by atoms with Gasteiger partial charge in [0.25, 0.3) is 0 Å². The zero-order valence-corrected chi connectivity index (χ0v) is 14.7. The lowest BCUT2D eigenvalue weighted by molar-refractivity contribution is 0.0924. The molecule has 1 aromatic rings. The van der Waals surface area contributed by atoms with Crippen LogP contribution in [0.2, 0.25) is 0 Å². The van der Waals surface area contributed by atoms with Crippen molar-refractivity contribution >= 4 is 5.78 Å². The van der Waals surface area contributed by atoms with Gasteiger partial charge in [-0.2, -0.15) is 0 Å². The van der Waals surface area contributed by atoms with E-state index < -0.39 is 0 Å². The third-order valence-corrected chi connectivity index (χ3v) is 4.66. The van der Waals surface area contributed by atoms with E-state index in [-0.39, 0.29) is 17.2 Å². The summed E-state index contributed by atoms with van der Waals surface area (Å²) < 4.78 is 15.9. The van der Waals surface area contributed by atoms with Crippen molar-refractivity contribution in [2.24, 2.45) is 11.1 Å². The summed E-state index contributed by atoms with van der Waals surface area (Å²) in [4.78, 5) is 12.9. The fourth-order valence-corrected chi connectivity index (χ4v) is 3.03. The number of ether oxygens (including phenoxy) is 3. The monoisotopic (exact) mass is 331 g/mol. The van der Waals surface area contributed by atoms with Gasteiger partial charge in [-0.15, -0.1) is 0 Å². The molecule has 0 saturated carbocycles. The van der Waals surface area contributed by atoms with E-state index in [0.29, 0.717) is 29.2 Å². The van der Waals surface area contributed by atoms with Crippen molar-refractivity contribution in [3.63, 3.8) is 0 Å². The Kier molecular flexibility index (Phi) is 5.67. The van der Waals surface area contributed by atoms with E-state index >= 15 is 0 Å². The lowest BCUT2D eigenvalue weighted by Gasteiger charge is -2.35. The highest BCUT2D eigenvalue weighted by Crippen LogP contribution is 2.40. The van der Waals surface area contributed by atoms with Crippen molar-refractivity contribution in [1.29, 1.82) is 0 Å². The van der Waals surface area contributed by atoms with Crippen LogP contribution in [0.5, 0.6) is 17.2 Å². The molecule has 0 aromatic heterocycles. The molecule has 1 aromatic carbocycles. The first-order chi connectivity index (χ1) is 11.5. The Hall–Kier alpha value is -2.27. The molecule has 5 heteroatoms. The van der Waals surface area contributed by atoms with E-state index in [9.17, 15) is 4.79 Å². The van der Waals surface area contributed by atoms with Crippen molar-refractivity contribution in [2.75, 3.05) is 21.3 Å². The van der Waals surface area contributed by atoms with Gasteiger partial charge in [0.1, 0.15) is 0 Å². The van der Waals surface area contributed by atoms with Gasteiger partial charge >= 0.3 is 0 Å². The van der Waals surface area contributed by atoms with Gasteiger partial charge < -0.3 is 19.9 Å². The van der Waals surface area contributed by atoms with Crippen LogP contribution < -0.4 is 19.9 Å². The first kappa shape index (κ1) is 18.1. The lowest BCUT2D eigenvalue weighted by Crippen LogP contribution is -2.41. The molecule has 1 aliphatic carbocycles. The van der Waals surface area contributed by atoms with E-state index in [1.54, 1.807) is 12.1 Å². The van der Waals surface area contributed by atoms with Crippen LogP contribution >= 0.6 is 0 Å². The number of carbonyl (C=O) groups excluding carboxylic acids is 1. The van der Waals surface area contributed by atoms with Crippen LogP contribution in [-0.4, -0.2) is 33.2 Å². The van der Waals surface area contributed by atoms with Crippen molar-refractivity contribution in [2.45, 2.75) is 25.8 Å². The number of methoxy groups -OCH3 is 3. The number of carbonyl (C=O) groups is 1. The van der Waals surface area contributed by atoms with E-state index in [1.807, 2.05) is 31.2 Å². The van der Waals surface area contributed by atoms with Crippen LogP contribution in [0, 0.1) is 5.41 Å². The molecule has 0 amide bonds. The van der Waals surface area contributed by atoms with Crippen LogP contribution in [0.15, 0.2) is 36.4 Å². The van der Waals surface area contributed by atoms with Gasteiger partial charge in [-0.1, -0.05) is 31.2 Å². The minimum absolute atomic E-state index is 0.00787. The molecule has 2 atom stereocenters. The fraction of sp³-hybridized carbons (Fsp3) is 0.421. The maximum absolute atomic E-state index is 12.9. The maximum atomic E-state index is 12.9. The highest BCUT2D eigenvalue weighted by Gasteiger charge is 2.35. The molecule has 2 rings (SSSR count). The second-order valence-electron chi connectivity index (χ2n) is 5.87. The van der Waals surface area contributed by atoms with Crippen LogP contribution in [0.3, 0.4) is 0 Å². The molecule has 24 heavy (non-hydrogen) atoms. The molecule has 5 nitrogen and oxygen atoms in total. The number of hydrogen-bond donors (Lipinski definition) is 1. The Balaban J connectivity index is 2.36. The number of Topliss-reactive ketones (excluding diaryl/α,β-unsaturated/α-hetero) is 1. The average molecular weight is 331 g/mol. The molecule has 0 aliphatic heterocycles. The molecule has 0 spiro atoms. The van der Waals surface area contributed by atoms with Gasteiger partial charge in [-0.3, -0.25) is 4.79 Å². The summed E-state index contributed by atoms with van der Waals surface area (Å²) in [5.74, 6) is 1.40. The van der Waals surface area contributed by atoms with Gasteiger partial charge in [-0.05, 0) is 18.6 Å². The topological polar surface area (TPSA) is 70.8 Å². The third-order valence-electron chi connectivity index (χ3n) is 4.66. The molecule has 2 unspecified atom stereocenters. The molecule has 130 valence electrons. The molecule has 0 saturated heterocycles. The second kappa shape index (κ2) is 7.53. The van der Waals surface area contributed by atoms with Gasteiger partial charge in [0, 0.05) is 23.4 Å². The summed E-state index contributed by atoms with van der Waals surface area (Å²) in [6, 6.07) is 3.18. The van der Waals surface area contributed by atoms with Crippen LogP contribution in [0.1, 0.15) is 30.1 Å². The molecule has 0 heterocycles. The summed E-state index contributed by atoms with van der Waals surface area (Å²) in [7, 11) is 4.60. The van der Waals surface area contributed by atoms with E-state index in [0.717, 1.165) is 6.42 Å². The molecular formula is C19H25NO4. The molecule has 0 fully saturated rings. The van der Waals surface area contributed by atoms with Crippen LogP contribution in [-0.2, 0) is 0 Å². The summed E-state index contributed by atoms with van der Waals surface area (Å²) in [5, 5.41) is 0. The third kappa shape index (κ3) is 3.31. The Morgan fingerprint density at radius 3 is 2.21 bits per heavy atom. The number of nitrogens with two attached hydrogens (primary N) is 1.